The monoisotopic (exact) mass is 265 g/mol. The van der Waals surface area contributed by atoms with Crippen LogP contribution in [0.25, 0.3) is 0 Å². The Morgan fingerprint density at radius 3 is 2.61 bits per heavy atom. The molecule has 0 amide bonds. The van der Waals surface area contributed by atoms with E-state index in [1.165, 1.54) is 23.9 Å². The van der Waals surface area contributed by atoms with Gasteiger partial charge in [0.2, 0.25) is 0 Å². The van der Waals surface area contributed by atoms with Crippen molar-refractivity contribution in [1.82, 2.24) is 9.55 Å². The summed E-state index contributed by atoms with van der Waals surface area (Å²) in [7, 11) is 1.81. The molecule has 6 nitrogen and oxygen atoms in total. The van der Waals surface area contributed by atoms with Crippen LogP contribution in [0.1, 0.15) is 5.69 Å². The second-order valence-corrected chi connectivity index (χ2v) is 4.64. The Morgan fingerprint density at radius 2 is 2.11 bits per heavy atom. The first-order valence-electron chi connectivity index (χ1n) is 5.15. The number of nitro groups is 1. The third-order valence-corrected chi connectivity index (χ3v) is 3.53. The van der Waals surface area contributed by atoms with Crippen LogP contribution in [0.4, 0.5) is 5.69 Å². The minimum atomic E-state index is -0.431. The van der Waals surface area contributed by atoms with Gasteiger partial charge in [-0.25, -0.2) is 4.98 Å². The number of nitro benzene ring substituents is 1. The van der Waals surface area contributed by atoms with Crippen LogP contribution in [-0.4, -0.2) is 19.6 Å². The summed E-state index contributed by atoms with van der Waals surface area (Å²) in [5, 5.41) is 20.3. The molecule has 0 spiro atoms. The average Bonchev–Trinajstić information content (AvgIpc) is 2.71. The van der Waals surface area contributed by atoms with Gasteiger partial charge >= 0.3 is 0 Å². The first-order chi connectivity index (χ1) is 8.61. The van der Waals surface area contributed by atoms with Gasteiger partial charge in [0.15, 0.2) is 5.16 Å². The Bertz CT molecular complexity index is 565. The van der Waals surface area contributed by atoms with Crippen LogP contribution >= 0.6 is 11.8 Å². The molecule has 0 aliphatic heterocycles. The molecule has 7 heteroatoms. The Kier molecular flexibility index (Phi) is 3.63. The van der Waals surface area contributed by atoms with Crippen molar-refractivity contribution in [3.63, 3.8) is 0 Å². The SMILES string of the molecule is Cn1c(CO)cnc1Sc1ccc([N+](=O)[O-])cc1. The molecule has 18 heavy (non-hydrogen) atoms. The van der Waals surface area contributed by atoms with Gasteiger partial charge in [0.25, 0.3) is 5.69 Å². The van der Waals surface area contributed by atoms with Crippen molar-refractivity contribution in [2.75, 3.05) is 0 Å². The Labute approximate surface area is 107 Å². The summed E-state index contributed by atoms with van der Waals surface area (Å²) in [6, 6.07) is 6.27. The summed E-state index contributed by atoms with van der Waals surface area (Å²) in [5.41, 5.74) is 0.787. The Balaban J connectivity index is 2.18. The van der Waals surface area contributed by atoms with Crippen molar-refractivity contribution < 1.29 is 10.0 Å². The van der Waals surface area contributed by atoms with Gasteiger partial charge in [-0.05, 0) is 12.1 Å². The predicted molar refractivity (Wildman–Crippen MR) is 66.4 cm³/mol. The number of hydrogen-bond donors (Lipinski definition) is 1. The zero-order chi connectivity index (χ0) is 13.1. The topological polar surface area (TPSA) is 81.2 Å². The van der Waals surface area contributed by atoms with E-state index in [1.807, 2.05) is 7.05 Å². The van der Waals surface area contributed by atoms with Gasteiger partial charge < -0.3 is 9.67 Å². The molecule has 0 aliphatic carbocycles. The van der Waals surface area contributed by atoms with E-state index >= 15 is 0 Å². The minimum absolute atomic E-state index is 0.0650. The van der Waals surface area contributed by atoms with E-state index in [9.17, 15) is 10.1 Å². The Hall–Kier alpha value is -1.86. The molecule has 0 bridgehead atoms. The third-order valence-electron chi connectivity index (χ3n) is 2.46. The first-order valence-corrected chi connectivity index (χ1v) is 5.97. The van der Waals surface area contributed by atoms with Crippen molar-refractivity contribution in [2.24, 2.45) is 7.05 Å². The van der Waals surface area contributed by atoms with Crippen LogP contribution in [0.15, 0.2) is 40.5 Å². The number of rotatable bonds is 4. The summed E-state index contributed by atoms with van der Waals surface area (Å²) in [6.45, 7) is -0.0652. The van der Waals surface area contributed by atoms with E-state index in [0.29, 0.717) is 0 Å². The molecule has 94 valence electrons. The lowest BCUT2D eigenvalue weighted by Gasteiger charge is -2.03. The van der Waals surface area contributed by atoms with Crippen LogP contribution in [0.2, 0.25) is 0 Å². The molecule has 0 saturated carbocycles. The predicted octanol–water partition coefficient (Wildman–Crippen LogP) is 1.97. The fourth-order valence-corrected chi connectivity index (χ4v) is 2.25. The fraction of sp³-hybridized carbons (Fsp3) is 0.182. The molecule has 0 saturated heterocycles. The van der Waals surface area contributed by atoms with Crippen LogP contribution in [0.3, 0.4) is 0 Å². The molecular formula is C11H11N3O3S. The number of benzene rings is 1. The van der Waals surface area contributed by atoms with Crippen molar-refractivity contribution in [1.29, 1.82) is 0 Å². The van der Waals surface area contributed by atoms with Crippen LogP contribution < -0.4 is 0 Å². The number of aromatic nitrogens is 2. The number of imidazole rings is 1. The highest BCUT2D eigenvalue weighted by Gasteiger charge is 2.09. The number of non-ortho nitro benzene ring substituents is 1. The number of hydrogen-bond acceptors (Lipinski definition) is 5. The lowest BCUT2D eigenvalue weighted by atomic mass is 10.3. The van der Waals surface area contributed by atoms with Gasteiger partial charge in [-0.15, -0.1) is 0 Å². The maximum atomic E-state index is 10.5. The van der Waals surface area contributed by atoms with Crippen molar-refractivity contribution >= 4 is 17.4 Å². The molecule has 1 N–H and O–H groups in total. The van der Waals surface area contributed by atoms with Crippen LogP contribution in [0.5, 0.6) is 0 Å². The minimum Gasteiger partial charge on any atom is -0.390 e. The number of aliphatic hydroxyl groups excluding tert-OH is 1. The number of aliphatic hydroxyl groups is 1. The molecule has 0 unspecified atom stereocenters. The summed E-state index contributed by atoms with van der Waals surface area (Å²) in [4.78, 5) is 15.1. The molecule has 1 heterocycles. The normalized spacial score (nSPS) is 10.6. The highest BCUT2D eigenvalue weighted by molar-refractivity contribution is 7.99. The smallest absolute Gasteiger partial charge is 0.269 e. The largest absolute Gasteiger partial charge is 0.390 e. The first kappa shape index (κ1) is 12.6. The molecule has 0 aliphatic rings. The molecule has 0 atom stereocenters. The fourth-order valence-electron chi connectivity index (χ4n) is 1.41. The highest BCUT2D eigenvalue weighted by atomic mass is 32.2. The van der Waals surface area contributed by atoms with E-state index in [1.54, 1.807) is 22.9 Å². The second-order valence-electron chi connectivity index (χ2n) is 3.60. The summed E-state index contributed by atoms with van der Waals surface area (Å²) in [6.07, 6.45) is 1.60. The summed E-state index contributed by atoms with van der Waals surface area (Å²) in [5.74, 6) is 0. The van der Waals surface area contributed by atoms with Gasteiger partial charge in [-0.1, -0.05) is 11.8 Å². The maximum absolute atomic E-state index is 10.5. The number of nitrogens with zero attached hydrogens (tertiary/aromatic N) is 3. The van der Waals surface area contributed by atoms with Gasteiger partial charge in [0, 0.05) is 24.1 Å². The molecule has 2 rings (SSSR count). The lowest BCUT2D eigenvalue weighted by Crippen LogP contribution is -1.97. The highest BCUT2D eigenvalue weighted by Crippen LogP contribution is 2.28. The zero-order valence-corrected chi connectivity index (χ0v) is 10.4. The van der Waals surface area contributed by atoms with Gasteiger partial charge in [-0.2, -0.15) is 0 Å². The second kappa shape index (κ2) is 5.19. The van der Waals surface area contributed by atoms with E-state index < -0.39 is 4.92 Å². The summed E-state index contributed by atoms with van der Waals surface area (Å²) < 4.78 is 1.78. The molecular weight excluding hydrogens is 254 g/mol. The van der Waals surface area contributed by atoms with Crippen molar-refractivity contribution in [3.8, 4) is 0 Å². The molecule has 2 aromatic rings. The Morgan fingerprint density at radius 1 is 1.44 bits per heavy atom. The third kappa shape index (κ3) is 2.52. The van der Waals surface area contributed by atoms with Crippen molar-refractivity contribution in [2.45, 2.75) is 16.7 Å². The lowest BCUT2D eigenvalue weighted by molar-refractivity contribution is -0.384. The quantitative estimate of drug-likeness (QED) is 0.675. The standard InChI is InChI=1S/C11H11N3O3S/c1-13-9(7-15)6-12-11(13)18-10-4-2-8(3-5-10)14(16)17/h2-6,15H,7H2,1H3. The van der Waals surface area contributed by atoms with Gasteiger partial charge in [0.05, 0.1) is 23.4 Å². The molecule has 1 aromatic heterocycles. The van der Waals surface area contributed by atoms with E-state index in [-0.39, 0.29) is 12.3 Å². The van der Waals surface area contributed by atoms with E-state index in [4.69, 9.17) is 5.11 Å². The van der Waals surface area contributed by atoms with Gasteiger partial charge in [0.1, 0.15) is 0 Å². The van der Waals surface area contributed by atoms with E-state index in [0.717, 1.165) is 15.7 Å². The average molecular weight is 265 g/mol. The molecule has 0 fully saturated rings. The van der Waals surface area contributed by atoms with Crippen LogP contribution in [0, 0.1) is 10.1 Å². The van der Waals surface area contributed by atoms with Gasteiger partial charge in [-0.3, -0.25) is 10.1 Å². The summed E-state index contributed by atoms with van der Waals surface area (Å²) >= 11 is 1.39. The molecule has 0 radical (unpaired) electrons. The van der Waals surface area contributed by atoms with E-state index in [2.05, 4.69) is 4.98 Å². The zero-order valence-electron chi connectivity index (χ0n) is 9.61. The maximum Gasteiger partial charge on any atom is 0.269 e. The van der Waals surface area contributed by atoms with Crippen LogP contribution in [-0.2, 0) is 13.7 Å². The molecule has 1 aromatic carbocycles. The van der Waals surface area contributed by atoms with Crippen molar-refractivity contribution in [3.05, 3.63) is 46.3 Å².